The number of benzene rings is 1. The quantitative estimate of drug-likeness (QED) is 0.481. The highest BCUT2D eigenvalue weighted by Gasteiger charge is 2.52. The second kappa shape index (κ2) is 6.07. The zero-order chi connectivity index (χ0) is 18.7. The highest BCUT2D eigenvalue weighted by molar-refractivity contribution is 9.11. The first kappa shape index (κ1) is 16.8. The first-order chi connectivity index (χ1) is 13.1. The van der Waals surface area contributed by atoms with Crippen molar-refractivity contribution in [3.8, 4) is 0 Å². The van der Waals surface area contributed by atoms with Crippen LogP contribution in [0, 0.1) is 0 Å². The molecular weight excluding hydrogens is 426 g/mol. The van der Waals surface area contributed by atoms with Crippen molar-refractivity contribution in [3.63, 3.8) is 0 Å². The molecule has 136 valence electrons. The van der Waals surface area contributed by atoms with Gasteiger partial charge < -0.3 is 4.98 Å². The zero-order valence-electron chi connectivity index (χ0n) is 14.3. The third kappa shape index (κ3) is 2.34. The number of H-pyrrole nitrogens is 1. The SMILES string of the molecule is C=CCN1C(=O)[C@@H]2Cc3c([nH]c4ccccc34)[C@@H](c3ccc(Br)s3)N2C1=O. The third-order valence-corrected chi connectivity index (χ3v) is 6.99. The number of aromatic nitrogens is 1. The number of carbonyl (C=O) groups excluding carboxylic acids is 2. The molecule has 5 nitrogen and oxygen atoms in total. The average molecular weight is 442 g/mol. The van der Waals surface area contributed by atoms with Crippen molar-refractivity contribution in [3.05, 3.63) is 69.0 Å². The molecule has 27 heavy (non-hydrogen) atoms. The standard InChI is InChI=1S/C20H16BrN3O2S/c1-2-9-23-19(25)14-10-12-11-5-3-4-6-13(11)22-17(12)18(24(14)20(23)26)15-7-8-16(21)27-15/h2-8,14,18,22H,1,9-10H2/t14-,18+/m0/s1. The lowest BCUT2D eigenvalue weighted by molar-refractivity contribution is -0.128. The predicted molar refractivity (Wildman–Crippen MR) is 109 cm³/mol. The molecule has 2 aromatic heterocycles. The van der Waals surface area contributed by atoms with Gasteiger partial charge in [0.1, 0.15) is 12.1 Å². The Balaban J connectivity index is 1.73. The molecule has 7 heteroatoms. The molecule has 5 rings (SSSR count). The van der Waals surface area contributed by atoms with E-state index in [-0.39, 0.29) is 24.5 Å². The van der Waals surface area contributed by atoms with E-state index in [1.165, 1.54) is 4.90 Å². The van der Waals surface area contributed by atoms with E-state index in [1.54, 1.807) is 22.3 Å². The van der Waals surface area contributed by atoms with Gasteiger partial charge in [0, 0.05) is 34.4 Å². The molecule has 0 bridgehead atoms. The van der Waals surface area contributed by atoms with Gasteiger partial charge in [-0.25, -0.2) is 4.79 Å². The van der Waals surface area contributed by atoms with E-state index < -0.39 is 6.04 Å². The summed E-state index contributed by atoms with van der Waals surface area (Å²) < 4.78 is 0.998. The maximum absolute atomic E-state index is 13.1. The van der Waals surface area contributed by atoms with Crippen LogP contribution in [0.4, 0.5) is 4.79 Å². The molecule has 4 heterocycles. The maximum Gasteiger partial charge on any atom is 0.328 e. The molecule has 0 aliphatic carbocycles. The molecule has 1 N–H and O–H groups in total. The van der Waals surface area contributed by atoms with Crippen LogP contribution in [0.15, 0.2) is 52.8 Å². The number of carbonyl (C=O) groups is 2. The average Bonchev–Trinajstić information content (AvgIpc) is 3.32. The Morgan fingerprint density at radius 1 is 1.26 bits per heavy atom. The van der Waals surface area contributed by atoms with Crippen LogP contribution < -0.4 is 0 Å². The van der Waals surface area contributed by atoms with E-state index in [4.69, 9.17) is 0 Å². The molecular formula is C20H16BrN3O2S. The fraction of sp³-hybridized carbons (Fsp3) is 0.200. The van der Waals surface area contributed by atoms with Gasteiger partial charge in [0.15, 0.2) is 0 Å². The van der Waals surface area contributed by atoms with Crippen molar-refractivity contribution in [1.29, 1.82) is 0 Å². The van der Waals surface area contributed by atoms with E-state index in [2.05, 4.69) is 33.6 Å². The summed E-state index contributed by atoms with van der Waals surface area (Å²) in [6.45, 7) is 3.92. The Morgan fingerprint density at radius 3 is 2.81 bits per heavy atom. The van der Waals surface area contributed by atoms with Gasteiger partial charge >= 0.3 is 6.03 Å². The van der Waals surface area contributed by atoms with Gasteiger partial charge in [0.05, 0.1) is 3.79 Å². The number of nitrogens with one attached hydrogen (secondary N) is 1. The summed E-state index contributed by atoms with van der Waals surface area (Å²) >= 11 is 5.11. The molecule has 0 saturated carbocycles. The van der Waals surface area contributed by atoms with Crippen LogP contribution >= 0.6 is 27.3 Å². The first-order valence-corrected chi connectivity index (χ1v) is 10.3. The number of amides is 3. The number of halogens is 1. The minimum Gasteiger partial charge on any atom is -0.356 e. The minimum absolute atomic E-state index is 0.142. The summed E-state index contributed by atoms with van der Waals surface area (Å²) in [5.41, 5.74) is 3.17. The van der Waals surface area contributed by atoms with Gasteiger partial charge in [-0.3, -0.25) is 14.6 Å². The number of imide groups is 1. The van der Waals surface area contributed by atoms with E-state index >= 15 is 0 Å². The summed E-state index contributed by atoms with van der Waals surface area (Å²) in [6, 6.07) is 11.1. The lowest BCUT2D eigenvalue weighted by Gasteiger charge is -2.35. The number of nitrogens with zero attached hydrogens (tertiary/aromatic N) is 2. The van der Waals surface area contributed by atoms with Crippen LogP contribution in [0.1, 0.15) is 22.2 Å². The van der Waals surface area contributed by atoms with Crippen LogP contribution in [-0.2, 0) is 11.2 Å². The molecule has 0 radical (unpaired) electrons. The van der Waals surface area contributed by atoms with Gasteiger partial charge in [0.2, 0.25) is 0 Å². The van der Waals surface area contributed by atoms with Gasteiger partial charge in [-0.15, -0.1) is 17.9 Å². The van der Waals surface area contributed by atoms with Crippen molar-refractivity contribution >= 4 is 50.1 Å². The van der Waals surface area contributed by atoms with Crippen LogP contribution in [0.2, 0.25) is 0 Å². The monoisotopic (exact) mass is 441 g/mol. The Hall–Kier alpha value is -2.38. The fourth-order valence-electron chi connectivity index (χ4n) is 4.20. The molecule has 2 atom stereocenters. The lowest BCUT2D eigenvalue weighted by atomic mass is 9.91. The Bertz CT molecular complexity index is 1100. The maximum atomic E-state index is 13.1. The summed E-state index contributed by atoms with van der Waals surface area (Å²) in [4.78, 5) is 33.7. The molecule has 2 aliphatic heterocycles. The summed E-state index contributed by atoms with van der Waals surface area (Å²) in [5, 5.41) is 1.12. The third-order valence-electron chi connectivity index (χ3n) is 5.31. The Labute approximate surface area is 168 Å². The largest absolute Gasteiger partial charge is 0.356 e. The fourth-order valence-corrected chi connectivity index (χ4v) is 5.73. The Kier molecular flexibility index (Phi) is 3.77. The van der Waals surface area contributed by atoms with Crippen LogP contribution in [0.5, 0.6) is 0 Å². The lowest BCUT2D eigenvalue weighted by Crippen LogP contribution is -2.43. The minimum atomic E-state index is -0.477. The number of hydrogen-bond donors (Lipinski definition) is 1. The van der Waals surface area contributed by atoms with Gasteiger partial charge in [-0.05, 0) is 39.7 Å². The van der Waals surface area contributed by atoms with Crippen molar-refractivity contribution in [2.75, 3.05) is 6.54 Å². The van der Waals surface area contributed by atoms with Crippen LogP contribution in [-0.4, -0.2) is 39.3 Å². The number of fused-ring (bicyclic) bond motifs is 4. The molecule has 2 aliphatic rings. The summed E-state index contributed by atoms with van der Waals surface area (Å²) in [6.07, 6.45) is 2.13. The van der Waals surface area contributed by atoms with Crippen molar-refractivity contribution in [2.24, 2.45) is 0 Å². The summed E-state index contributed by atoms with van der Waals surface area (Å²) in [5.74, 6) is -0.142. The molecule has 3 amide bonds. The second-order valence-corrected chi connectivity index (χ2v) is 9.25. The molecule has 0 unspecified atom stereocenters. The highest BCUT2D eigenvalue weighted by Crippen LogP contribution is 2.46. The number of aromatic amines is 1. The number of rotatable bonds is 3. The first-order valence-electron chi connectivity index (χ1n) is 8.69. The second-order valence-electron chi connectivity index (χ2n) is 6.75. The molecule has 1 saturated heterocycles. The number of urea groups is 1. The molecule has 1 fully saturated rings. The number of para-hydroxylation sites is 1. The van der Waals surface area contributed by atoms with E-state index in [0.717, 1.165) is 30.8 Å². The smallest absolute Gasteiger partial charge is 0.328 e. The topological polar surface area (TPSA) is 56.4 Å². The van der Waals surface area contributed by atoms with Gasteiger partial charge in [-0.1, -0.05) is 24.3 Å². The van der Waals surface area contributed by atoms with Gasteiger partial charge in [0.25, 0.3) is 5.91 Å². The highest BCUT2D eigenvalue weighted by atomic mass is 79.9. The molecule has 0 spiro atoms. The molecule has 3 aromatic rings. The summed E-state index contributed by atoms with van der Waals surface area (Å²) in [7, 11) is 0. The van der Waals surface area contributed by atoms with Crippen molar-refractivity contribution in [1.82, 2.24) is 14.8 Å². The zero-order valence-corrected chi connectivity index (χ0v) is 16.7. The van der Waals surface area contributed by atoms with E-state index in [0.29, 0.717) is 6.42 Å². The van der Waals surface area contributed by atoms with Crippen LogP contribution in [0.3, 0.4) is 0 Å². The van der Waals surface area contributed by atoms with Crippen molar-refractivity contribution in [2.45, 2.75) is 18.5 Å². The predicted octanol–water partition coefficient (Wildman–Crippen LogP) is 4.46. The normalized spacial score (nSPS) is 21.7. The van der Waals surface area contributed by atoms with Crippen molar-refractivity contribution < 1.29 is 9.59 Å². The molecule has 1 aromatic carbocycles. The van der Waals surface area contributed by atoms with E-state index in [9.17, 15) is 9.59 Å². The van der Waals surface area contributed by atoms with E-state index in [1.807, 2.05) is 30.3 Å². The number of hydrogen-bond acceptors (Lipinski definition) is 3. The van der Waals surface area contributed by atoms with Crippen LogP contribution in [0.25, 0.3) is 10.9 Å². The number of thiophene rings is 1. The van der Waals surface area contributed by atoms with Gasteiger partial charge in [-0.2, -0.15) is 0 Å². The Morgan fingerprint density at radius 2 is 2.07 bits per heavy atom.